The molecule has 1 heterocycles. The van der Waals surface area contributed by atoms with Gasteiger partial charge in [0.2, 0.25) is 5.91 Å². The van der Waals surface area contributed by atoms with Crippen molar-refractivity contribution in [2.45, 2.75) is 50.6 Å². The summed E-state index contributed by atoms with van der Waals surface area (Å²) in [5.74, 6) is 0.140. The molecule has 1 aliphatic carbocycles. The van der Waals surface area contributed by atoms with E-state index in [0.29, 0.717) is 13.0 Å². The van der Waals surface area contributed by atoms with Crippen LogP contribution in [0.25, 0.3) is 0 Å². The van der Waals surface area contributed by atoms with Crippen LogP contribution in [0, 0.1) is 0 Å². The number of hydrogen-bond donors (Lipinski definition) is 1. The average molecular weight is 261 g/mol. The van der Waals surface area contributed by atoms with Crippen molar-refractivity contribution in [2.24, 2.45) is 5.73 Å². The van der Waals surface area contributed by atoms with Crippen LogP contribution >= 0.6 is 0 Å². The van der Waals surface area contributed by atoms with E-state index in [1.807, 2.05) is 19.2 Å². The van der Waals surface area contributed by atoms with Gasteiger partial charge in [0.15, 0.2) is 0 Å². The summed E-state index contributed by atoms with van der Waals surface area (Å²) in [7, 11) is 1.84. The third kappa shape index (κ3) is 4.03. The first-order chi connectivity index (χ1) is 9.09. The second-order valence-electron chi connectivity index (χ2n) is 5.71. The summed E-state index contributed by atoms with van der Waals surface area (Å²) in [4.78, 5) is 18.0. The lowest BCUT2D eigenvalue weighted by Gasteiger charge is -2.34. The highest BCUT2D eigenvalue weighted by atomic mass is 16.2. The lowest BCUT2D eigenvalue weighted by molar-refractivity contribution is -0.132. The normalized spacial score (nSPS) is 18.0. The highest BCUT2D eigenvalue weighted by Gasteiger charge is 2.30. The predicted molar refractivity (Wildman–Crippen MR) is 75.3 cm³/mol. The Kier molecular flexibility index (Phi) is 4.53. The van der Waals surface area contributed by atoms with Crippen molar-refractivity contribution >= 4 is 5.91 Å². The molecule has 0 atom stereocenters. The minimum absolute atomic E-state index is 0.140. The molecule has 1 aromatic rings. The third-order valence-electron chi connectivity index (χ3n) is 3.95. The van der Waals surface area contributed by atoms with E-state index < -0.39 is 0 Å². The van der Waals surface area contributed by atoms with Gasteiger partial charge in [0.25, 0.3) is 0 Å². The Morgan fingerprint density at radius 3 is 2.58 bits per heavy atom. The first-order valence-corrected chi connectivity index (χ1v) is 7.01. The van der Waals surface area contributed by atoms with Crippen LogP contribution in [0.5, 0.6) is 0 Å². The maximum absolute atomic E-state index is 12.3. The van der Waals surface area contributed by atoms with Crippen LogP contribution in [0.4, 0.5) is 0 Å². The second kappa shape index (κ2) is 6.15. The lowest BCUT2D eigenvalue weighted by atomic mass is 9.80. The number of nitrogens with two attached hydrogens (primary N) is 1. The van der Waals surface area contributed by atoms with Gasteiger partial charge in [-0.3, -0.25) is 9.78 Å². The van der Waals surface area contributed by atoms with Gasteiger partial charge >= 0.3 is 0 Å². The molecule has 19 heavy (non-hydrogen) atoms. The fourth-order valence-electron chi connectivity index (χ4n) is 2.72. The van der Waals surface area contributed by atoms with Gasteiger partial charge in [0, 0.05) is 37.9 Å². The molecule has 0 radical (unpaired) electrons. The number of amides is 1. The quantitative estimate of drug-likeness (QED) is 0.903. The van der Waals surface area contributed by atoms with E-state index in [4.69, 9.17) is 5.73 Å². The molecule has 4 heteroatoms. The van der Waals surface area contributed by atoms with Crippen molar-refractivity contribution < 1.29 is 4.79 Å². The zero-order valence-electron chi connectivity index (χ0n) is 11.6. The summed E-state index contributed by atoms with van der Waals surface area (Å²) >= 11 is 0. The number of aromatic nitrogens is 1. The van der Waals surface area contributed by atoms with E-state index >= 15 is 0 Å². The molecule has 1 saturated carbocycles. The Morgan fingerprint density at radius 2 is 1.95 bits per heavy atom. The van der Waals surface area contributed by atoms with Crippen molar-refractivity contribution in [3.63, 3.8) is 0 Å². The van der Waals surface area contributed by atoms with Crippen LogP contribution in [0.2, 0.25) is 0 Å². The van der Waals surface area contributed by atoms with Crippen LogP contribution in [0.3, 0.4) is 0 Å². The smallest absolute Gasteiger partial charge is 0.224 e. The van der Waals surface area contributed by atoms with E-state index in [0.717, 1.165) is 31.2 Å². The minimum atomic E-state index is -0.276. The Morgan fingerprint density at radius 1 is 1.32 bits per heavy atom. The van der Waals surface area contributed by atoms with Crippen LogP contribution < -0.4 is 5.73 Å². The molecule has 1 aromatic heterocycles. The summed E-state index contributed by atoms with van der Waals surface area (Å²) in [6, 6.07) is 3.87. The van der Waals surface area contributed by atoms with E-state index in [1.165, 1.54) is 6.42 Å². The molecular weight excluding hydrogens is 238 g/mol. The second-order valence-corrected chi connectivity index (χ2v) is 5.71. The number of hydrogen-bond acceptors (Lipinski definition) is 3. The summed E-state index contributed by atoms with van der Waals surface area (Å²) in [6.07, 6.45) is 9.46. The Labute approximate surface area is 115 Å². The van der Waals surface area contributed by atoms with E-state index in [9.17, 15) is 4.79 Å². The van der Waals surface area contributed by atoms with Crippen molar-refractivity contribution in [3.8, 4) is 0 Å². The van der Waals surface area contributed by atoms with E-state index in [2.05, 4.69) is 4.98 Å². The van der Waals surface area contributed by atoms with Gasteiger partial charge in [-0.1, -0.05) is 19.3 Å². The van der Waals surface area contributed by atoms with Crippen LogP contribution in [0.15, 0.2) is 24.5 Å². The highest BCUT2D eigenvalue weighted by Crippen LogP contribution is 2.29. The van der Waals surface area contributed by atoms with Gasteiger partial charge in [-0.15, -0.1) is 0 Å². The molecular formula is C15H23N3O. The van der Waals surface area contributed by atoms with Crippen LogP contribution in [-0.4, -0.2) is 28.4 Å². The van der Waals surface area contributed by atoms with Gasteiger partial charge in [0.05, 0.1) is 0 Å². The van der Waals surface area contributed by atoms with E-state index in [-0.39, 0.29) is 11.4 Å². The molecule has 1 aliphatic rings. The maximum atomic E-state index is 12.3. The molecule has 1 amide bonds. The minimum Gasteiger partial charge on any atom is -0.341 e. The monoisotopic (exact) mass is 261 g/mol. The van der Waals surface area contributed by atoms with Crippen molar-refractivity contribution in [1.82, 2.24) is 9.88 Å². The molecule has 4 nitrogen and oxygen atoms in total. The van der Waals surface area contributed by atoms with Crippen molar-refractivity contribution in [2.75, 3.05) is 7.05 Å². The maximum Gasteiger partial charge on any atom is 0.224 e. The molecule has 0 spiro atoms. The zero-order valence-corrected chi connectivity index (χ0v) is 11.6. The molecule has 0 bridgehead atoms. The Bertz CT molecular complexity index is 413. The highest BCUT2D eigenvalue weighted by molar-refractivity contribution is 5.77. The largest absolute Gasteiger partial charge is 0.341 e. The van der Waals surface area contributed by atoms with Gasteiger partial charge in [-0.25, -0.2) is 0 Å². The molecule has 104 valence electrons. The number of carbonyl (C=O) groups is 1. The zero-order chi connectivity index (χ0) is 13.7. The van der Waals surface area contributed by atoms with Gasteiger partial charge in [-0.05, 0) is 30.5 Å². The van der Waals surface area contributed by atoms with Gasteiger partial charge in [0.1, 0.15) is 0 Å². The van der Waals surface area contributed by atoms with Crippen molar-refractivity contribution in [1.29, 1.82) is 0 Å². The Hall–Kier alpha value is -1.42. The first kappa shape index (κ1) is 14.0. The predicted octanol–water partition coefficient (Wildman–Crippen LogP) is 2.09. The summed E-state index contributed by atoms with van der Waals surface area (Å²) in [5, 5.41) is 0. The SMILES string of the molecule is CN(Cc1ccncc1)C(=O)CC1(N)CCCCC1. The molecule has 2 N–H and O–H groups in total. The summed E-state index contributed by atoms with van der Waals surface area (Å²) < 4.78 is 0. The number of nitrogens with zero attached hydrogens (tertiary/aromatic N) is 2. The number of rotatable bonds is 4. The topological polar surface area (TPSA) is 59.2 Å². The molecule has 0 aromatic carbocycles. The fourth-order valence-corrected chi connectivity index (χ4v) is 2.72. The number of pyridine rings is 1. The Balaban J connectivity index is 1.88. The van der Waals surface area contributed by atoms with Crippen LogP contribution in [-0.2, 0) is 11.3 Å². The third-order valence-corrected chi connectivity index (χ3v) is 3.95. The summed E-state index contributed by atoms with van der Waals surface area (Å²) in [5.41, 5.74) is 7.16. The molecule has 0 unspecified atom stereocenters. The van der Waals surface area contributed by atoms with E-state index in [1.54, 1.807) is 17.3 Å². The molecule has 2 rings (SSSR count). The fraction of sp³-hybridized carbons (Fsp3) is 0.600. The molecule has 0 aliphatic heterocycles. The molecule has 0 saturated heterocycles. The average Bonchev–Trinajstić information content (AvgIpc) is 2.40. The molecule has 1 fully saturated rings. The van der Waals surface area contributed by atoms with Crippen molar-refractivity contribution in [3.05, 3.63) is 30.1 Å². The number of carbonyl (C=O) groups excluding carboxylic acids is 1. The summed E-state index contributed by atoms with van der Waals surface area (Å²) in [6.45, 7) is 0.622. The lowest BCUT2D eigenvalue weighted by Crippen LogP contribution is -2.46. The standard InChI is InChI=1S/C15H23N3O/c1-18(12-13-5-9-17-10-6-13)14(19)11-15(16)7-3-2-4-8-15/h5-6,9-10H,2-4,7-8,11-12,16H2,1H3. The van der Waals surface area contributed by atoms with Gasteiger partial charge in [-0.2, -0.15) is 0 Å². The van der Waals surface area contributed by atoms with Gasteiger partial charge < -0.3 is 10.6 Å². The first-order valence-electron chi connectivity index (χ1n) is 7.01. The van der Waals surface area contributed by atoms with Crippen LogP contribution in [0.1, 0.15) is 44.1 Å².